The zero-order valence-corrected chi connectivity index (χ0v) is 13.0. The Hall–Kier alpha value is -2.95. The number of aromatic hydroxyl groups is 1. The Labute approximate surface area is 133 Å². The van der Waals surface area contributed by atoms with Gasteiger partial charge in [0.25, 0.3) is 0 Å². The molecule has 0 radical (unpaired) electrons. The van der Waals surface area contributed by atoms with E-state index in [4.69, 9.17) is 4.74 Å². The van der Waals surface area contributed by atoms with Crippen molar-refractivity contribution in [3.8, 4) is 11.5 Å². The smallest absolute Gasteiger partial charge is 0.196 e. The van der Waals surface area contributed by atoms with Crippen LogP contribution in [-0.4, -0.2) is 29.6 Å². The van der Waals surface area contributed by atoms with Crippen LogP contribution < -0.4 is 4.74 Å². The molecule has 1 N–H and O–H groups in total. The fourth-order valence-electron chi connectivity index (χ4n) is 2.14. The van der Waals surface area contributed by atoms with E-state index in [-0.39, 0.29) is 39.6 Å². The molecule has 0 aliphatic rings. The van der Waals surface area contributed by atoms with Gasteiger partial charge in [-0.2, -0.15) is 0 Å². The van der Waals surface area contributed by atoms with Crippen LogP contribution in [0.1, 0.15) is 50.5 Å². The first-order valence-electron chi connectivity index (χ1n) is 6.92. The third kappa shape index (κ3) is 3.45. The lowest BCUT2D eigenvalue weighted by atomic mass is 9.95. The highest BCUT2D eigenvalue weighted by molar-refractivity contribution is 6.13. The van der Waals surface area contributed by atoms with E-state index in [9.17, 15) is 19.5 Å². The van der Waals surface area contributed by atoms with Crippen LogP contribution in [0.5, 0.6) is 11.5 Å². The van der Waals surface area contributed by atoms with Crippen molar-refractivity contribution in [1.29, 1.82) is 0 Å². The van der Waals surface area contributed by atoms with Gasteiger partial charge in [0.15, 0.2) is 17.3 Å². The number of Topliss-reactive ketones (excluding diaryl/α,β-unsaturated/α-hetero) is 2. The maximum atomic E-state index is 12.6. The van der Waals surface area contributed by atoms with Gasteiger partial charge < -0.3 is 9.84 Å². The molecule has 0 aliphatic carbocycles. The van der Waals surface area contributed by atoms with Gasteiger partial charge in [0.05, 0.1) is 12.7 Å². The summed E-state index contributed by atoms with van der Waals surface area (Å²) >= 11 is 0. The minimum absolute atomic E-state index is 0.0413. The van der Waals surface area contributed by atoms with Crippen molar-refractivity contribution in [2.45, 2.75) is 13.8 Å². The molecule has 5 nitrogen and oxygen atoms in total. The lowest BCUT2D eigenvalue weighted by Crippen LogP contribution is -2.07. The van der Waals surface area contributed by atoms with E-state index in [1.807, 2.05) is 0 Å². The molecular weight excluding hydrogens is 296 g/mol. The average molecular weight is 312 g/mol. The molecule has 0 atom stereocenters. The monoisotopic (exact) mass is 312 g/mol. The number of phenols is 1. The van der Waals surface area contributed by atoms with Crippen molar-refractivity contribution in [2.75, 3.05) is 7.11 Å². The first-order chi connectivity index (χ1) is 10.8. The Morgan fingerprint density at radius 1 is 0.870 bits per heavy atom. The number of benzene rings is 2. The summed E-state index contributed by atoms with van der Waals surface area (Å²) in [7, 11) is 1.45. The van der Waals surface area contributed by atoms with Crippen LogP contribution in [0.4, 0.5) is 0 Å². The summed E-state index contributed by atoms with van der Waals surface area (Å²) in [6, 6.07) is 8.57. The Bertz CT molecular complexity index is 773. The van der Waals surface area contributed by atoms with E-state index >= 15 is 0 Å². The summed E-state index contributed by atoms with van der Waals surface area (Å²) in [4.78, 5) is 35.9. The number of hydrogen-bond donors (Lipinski definition) is 1. The number of ketones is 3. The lowest BCUT2D eigenvalue weighted by molar-refractivity contribution is 0.101. The number of ether oxygens (including phenoxy) is 1. The molecule has 23 heavy (non-hydrogen) atoms. The highest BCUT2D eigenvalue weighted by Gasteiger charge is 2.18. The number of carbonyl (C=O) groups excluding carboxylic acids is 3. The third-order valence-corrected chi connectivity index (χ3v) is 3.46. The van der Waals surface area contributed by atoms with Gasteiger partial charge in [0, 0.05) is 16.7 Å². The Kier molecular flexibility index (Phi) is 4.60. The van der Waals surface area contributed by atoms with Crippen LogP contribution in [0.2, 0.25) is 0 Å². The van der Waals surface area contributed by atoms with Crippen molar-refractivity contribution in [3.63, 3.8) is 0 Å². The van der Waals surface area contributed by atoms with Gasteiger partial charge in [-0.25, -0.2) is 0 Å². The molecule has 0 aliphatic heterocycles. The van der Waals surface area contributed by atoms with Crippen LogP contribution in [0, 0.1) is 0 Å². The molecule has 5 heteroatoms. The summed E-state index contributed by atoms with van der Waals surface area (Å²) in [6.45, 7) is 2.72. The molecule has 0 aromatic heterocycles. The third-order valence-electron chi connectivity index (χ3n) is 3.46. The van der Waals surface area contributed by atoms with Crippen LogP contribution in [0.3, 0.4) is 0 Å². The largest absolute Gasteiger partial charge is 0.507 e. The van der Waals surface area contributed by atoms with Gasteiger partial charge in [0.2, 0.25) is 0 Å². The normalized spacial score (nSPS) is 10.2. The van der Waals surface area contributed by atoms with E-state index in [2.05, 4.69) is 0 Å². The van der Waals surface area contributed by atoms with Gasteiger partial charge in [0.1, 0.15) is 11.5 Å². The first-order valence-corrected chi connectivity index (χ1v) is 6.92. The van der Waals surface area contributed by atoms with Gasteiger partial charge in [-0.15, -0.1) is 0 Å². The van der Waals surface area contributed by atoms with E-state index in [1.54, 1.807) is 0 Å². The van der Waals surface area contributed by atoms with Crippen molar-refractivity contribution >= 4 is 17.3 Å². The molecule has 0 saturated heterocycles. The highest BCUT2D eigenvalue weighted by Crippen LogP contribution is 2.26. The van der Waals surface area contributed by atoms with Crippen molar-refractivity contribution in [1.82, 2.24) is 0 Å². The average Bonchev–Trinajstić information content (AvgIpc) is 2.54. The quantitative estimate of drug-likeness (QED) is 0.858. The van der Waals surface area contributed by atoms with E-state index in [0.29, 0.717) is 5.75 Å². The zero-order chi connectivity index (χ0) is 17.1. The van der Waals surface area contributed by atoms with Crippen LogP contribution in [0.15, 0.2) is 36.4 Å². The number of phenolic OH excluding ortho intramolecular Hbond substituents is 1. The molecule has 2 rings (SSSR count). The Balaban J connectivity index is 2.59. The van der Waals surface area contributed by atoms with Gasteiger partial charge in [-0.05, 0) is 50.2 Å². The molecule has 0 bridgehead atoms. The molecule has 0 heterocycles. The maximum Gasteiger partial charge on any atom is 0.196 e. The molecule has 2 aromatic rings. The summed E-state index contributed by atoms with van der Waals surface area (Å²) in [5, 5.41) is 9.91. The van der Waals surface area contributed by atoms with Crippen LogP contribution >= 0.6 is 0 Å². The second-order valence-corrected chi connectivity index (χ2v) is 5.12. The summed E-state index contributed by atoms with van der Waals surface area (Å²) in [5.74, 6) is -0.782. The number of hydrogen-bond acceptors (Lipinski definition) is 5. The number of rotatable bonds is 5. The van der Waals surface area contributed by atoms with E-state index < -0.39 is 5.78 Å². The molecule has 118 valence electrons. The molecule has 0 amide bonds. The SMILES string of the molecule is COc1ccc(O)c(C(=O)c2cc(C(C)=O)cc(C(C)=O)c2)c1. The van der Waals surface area contributed by atoms with Crippen LogP contribution in [-0.2, 0) is 0 Å². The molecule has 0 spiro atoms. The number of methoxy groups -OCH3 is 1. The van der Waals surface area contributed by atoms with Gasteiger partial charge >= 0.3 is 0 Å². The second kappa shape index (κ2) is 6.44. The summed E-state index contributed by atoms with van der Waals surface area (Å²) in [6.07, 6.45) is 0. The predicted octanol–water partition coefficient (Wildman–Crippen LogP) is 3.04. The standard InChI is InChI=1S/C18H16O5/c1-10(19)12-6-13(11(2)20)8-14(7-12)18(22)16-9-15(23-3)4-5-17(16)21/h4-9,21H,1-3H3. The second-order valence-electron chi connectivity index (χ2n) is 5.12. The van der Waals surface area contributed by atoms with Crippen molar-refractivity contribution < 1.29 is 24.2 Å². The highest BCUT2D eigenvalue weighted by atomic mass is 16.5. The molecular formula is C18H16O5. The molecule has 2 aromatic carbocycles. The number of carbonyl (C=O) groups is 3. The van der Waals surface area contributed by atoms with Gasteiger partial charge in [-0.1, -0.05) is 0 Å². The maximum absolute atomic E-state index is 12.6. The fourth-order valence-corrected chi connectivity index (χ4v) is 2.14. The summed E-state index contributed by atoms with van der Waals surface area (Å²) < 4.78 is 5.05. The predicted molar refractivity (Wildman–Crippen MR) is 84.5 cm³/mol. The molecule has 0 saturated carbocycles. The van der Waals surface area contributed by atoms with Crippen molar-refractivity contribution in [3.05, 3.63) is 58.7 Å². The molecule has 0 unspecified atom stereocenters. The Morgan fingerprint density at radius 3 is 1.87 bits per heavy atom. The molecule has 0 fully saturated rings. The van der Waals surface area contributed by atoms with Crippen LogP contribution in [0.25, 0.3) is 0 Å². The lowest BCUT2D eigenvalue weighted by Gasteiger charge is -2.09. The Morgan fingerprint density at radius 2 is 1.39 bits per heavy atom. The summed E-state index contributed by atoms with van der Waals surface area (Å²) in [5.41, 5.74) is 0.734. The fraction of sp³-hybridized carbons (Fsp3) is 0.167. The first kappa shape index (κ1) is 16.4. The topological polar surface area (TPSA) is 80.7 Å². The minimum Gasteiger partial charge on any atom is -0.507 e. The zero-order valence-electron chi connectivity index (χ0n) is 13.0. The van der Waals surface area contributed by atoms with Gasteiger partial charge in [-0.3, -0.25) is 14.4 Å². The van der Waals surface area contributed by atoms with Crippen molar-refractivity contribution in [2.24, 2.45) is 0 Å². The van der Waals surface area contributed by atoms with E-state index in [1.165, 1.54) is 57.4 Å². The van der Waals surface area contributed by atoms with E-state index in [0.717, 1.165) is 0 Å². The minimum atomic E-state index is -0.494.